The highest BCUT2D eigenvalue weighted by Gasteiger charge is 1.91. The van der Waals surface area contributed by atoms with E-state index >= 15 is 0 Å². The standard InChI is InChI=1S/C8H18O.C2H6/c1-4-9-7-5-6-8(2)3;1-2/h8H,4-7H2,1-3H3;1-2H3. The molecule has 0 aromatic heterocycles. The molecule has 0 atom stereocenters. The van der Waals surface area contributed by atoms with E-state index in [-0.39, 0.29) is 0 Å². The minimum atomic E-state index is 0.824. The van der Waals surface area contributed by atoms with Crippen LogP contribution in [0.3, 0.4) is 0 Å². The van der Waals surface area contributed by atoms with Gasteiger partial charge in [0.1, 0.15) is 0 Å². The van der Waals surface area contributed by atoms with Crippen molar-refractivity contribution < 1.29 is 4.74 Å². The average molecular weight is 160 g/mol. The van der Waals surface area contributed by atoms with Crippen LogP contribution in [0.15, 0.2) is 0 Å². The summed E-state index contributed by atoms with van der Waals surface area (Å²) >= 11 is 0. The van der Waals surface area contributed by atoms with Crippen molar-refractivity contribution in [3.05, 3.63) is 0 Å². The number of rotatable bonds is 5. The molecule has 0 saturated carbocycles. The van der Waals surface area contributed by atoms with Crippen molar-refractivity contribution in [2.24, 2.45) is 5.92 Å². The third kappa shape index (κ3) is 17.8. The molecule has 0 unspecified atom stereocenters. The van der Waals surface area contributed by atoms with Crippen molar-refractivity contribution in [3.63, 3.8) is 0 Å². The molecular formula is C10H24O. The van der Waals surface area contributed by atoms with E-state index in [4.69, 9.17) is 4.74 Å². The van der Waals surface area contributed by atoms with Gasteiger partial charge < -0.3 is 4.74 Å². The highest BCUT2D eigenvalue weighted by Crippen LogP contribution is 2.02. The van der Waals surface area contributed by atoms with Gasteiger partial charge in [0.25, 0.3) is 0 Å². The summed E-state index contributed by atoms with van der Waals surface area (Å²) in [6.07, 6.45) is 2.51. The summed E-state index contributed by atoms with van der Waals surface area (Å²) in [5, 5.41) is 0. The molecule has 0 fully saturated rings. The van der Waals surface area contributed by atoms with Crippen molar-refractivity contribution in [2.45, 2.75) is 47.5 Å². The molecule has 0 amide bonds. The zero-order valence-corrected chi connectivity index (χ0v) is 8.81. The van der Waals surface area contributed by atoms with E-state index in [1.165, 1.54) is 12.8 Å². The van der Waals surface area contributed by atoms with Gasteiger partial charge in [-0.05, 0) is 25.7 Å². The van der Waals surface area contributed by atoms with Crippen LogP contribution in [0.1, 0.15) is 47.5 Å². The maximum atomic E-state index is 5.18. The first kappa shape index (κ1) is 13.5. The van der Waals surface area contributed by atoms with Crippen LogP contribution in [-0.4, -0.2) is 13.2 Å². The molecule has 0 aliphatic heterocycles. The molecule has 0 N–H and O–H groups in total. The van der Waals surface area contributed by atoms with E-state index in [9.17, 15) is 0 Å². The van der Waals surface area contributed by atoms with Crippen LogP contribution in [0.2, 0.25) is 0 Å². The summed E-state index contributed by atoms with van der Waals surface area (Å²) in [6, 6.07) is 0. The fourth-order valence-electron chi connectivity index (χ4n) is 0.738. The second-order valence-electron chi connectivity index (χ2n) is 2.73. The molecule has 0 saturated heterocycles. The predicted octanol–water partition coefficient (Wildman–Crippen LogP) is 3.49. The smallest absolute Gasteiger partial charge is 0.0465 e. The molecule has 0 aromatic carbocycles. The van der Waals surface area contributed by atoms with E-state index in [1.807, 2.05) is 20.8 Å². The highest BCUT2D eigenvalue weighted by molar-refractivity contribution is 4.43. The van der Waals surface area contributed by atoms with Crippen LogP contribution in [0.5, 0.6) is 0 Å². The van der Waals surface area contributed by atoms with E-state index in [0.717, 1.165) is 19.1 Å². The maximum absolute atomic E-state index is 5.18. The van der Waals surface area contributed by atoms with Crippen LogP contribution in [-0.2, 0) is 4.74 Å². The normalized spacial score (nSPS) is 9.27. The van der Waals surface area contributed by atoms with Crippen molar-refractivity contribution in [1.29, 1.82) is 0 Å². The molecule has 0 spiro atoms. The van der Waals surface area contributed by atoms with Gasteiger partial charge in [-0.2, -0.15) is 0 Å². The summed E-state index contributed by atoms with van der Waals surface area (Å²) in [5.74, 6) is 0.824. The summed E-state index contributed by atoms with van der Waals surface area (Å²) < 4.78 is 5.18. The molecule has 0 bridgehead atoms. The Hall–Kier alpha value is -0.0400. The SMILES string of the molecule is CC.CCOCCCC(C)C. The lowest BCUT2D eigenvalue weighted by atomic mass is 10.1. The van der Waals surface area contributed by atoms with E-state index < -0.39 is 0 Å². The van der Waals surface area contributed by atoms with Crippen LogP contribution in [0.4, 0.5) is 0 Å². The molecule has 0 radical (unpaired) electrons. The largest absolute Gasteiger partial charge is 0.382 e. The van der Waals surface area contributed by atoms with Crippen molar-refractivity contribution >= 4 is 0 Å². The van der Waals surface area contributed by atoms with Crippen molar-refractivity contribution in [1.82, 2.24) is 0 Å². The Morgan fingerprint density at radius 3 is 2.09 bits per heavy atom. The van der Waals surface area contributed by atoms with Gasteiger partial charge in [-0.1, -0.05) is 27.7 Å². The number of hydrogen-bond donors (Lipinski definition) is 0. The molecular weight excluding hydrogens is 136 g/mol. The first-order valence-electron chi connectivity index (χ1n) is 4.85. The first-order chi connectivity index (χ1) is 5.27. The molecule has 11 heavy (non-hydrogen) atoms. The fourth-order valence-corrected chi connectivity index (χ4v) is 0.738. The van der Waals surface area contributed by atoms with Gasteiger partial charge in [0, 0.05) is 13.2 Å². The van der Waals surface area contributed by atoms with Gasteiger partial charge >= 0.3 is 0 Å². The van der Waals surface area contributed by atoms with Crippen LogP contribution in [0.25, 0.3) is 0 Å². The molecule has 0 rings (SSSR count). The Morgan fingerprint density at radius 2 is 1.73 bits per heavy atom. The monoisotopic (exact) mass is 160 g/mol. The molecule has 1 heteroatoms. The van der Waals surface area contributed by atoms with Gasteiger partial charge in [-0.25, -0.2) is 0 Å². The van der Waals surface area contributed by atoms with E-state index in [1.54, 1.807) is 0 Å². The lowest BCUT2D eigenvalue weighted by molar-refractivity contribution is 0.140. The maximum Gasteiger partial charge on any atom is 0.0465 e. The van der Waals surface area contributed by atoms with Gasteiger partial charge in [-0.15, -0.1) is 0 Å². The lowest BCUT2D eigenvalue weighted by Crippen LogP contribution is -1.95. The summed E-state index contributed by atoms with van der Waals surface area (Å²) in [6.45, 7) is 12.3. The Balaban J connectivity index is 0. The second kappa shape index (κ2) is 12.6. The van der Waals surface area contributed by atoms with Gasteiger partial charge in [0.15, 0.2) is 0 Å². The molecule has 0 aliphatic carbocycles. The minimum Gasteiger partial charge on any atom is -0.382 e. The predicted molar refractivity (Wildman–Crippen MR) is 51.9 cm³/mol. The molecule has 70 valence electrons. The second-order valence-corrected chi connectivity index (χ2v) is 2.73. The fraction of sp³-hybridized carbons (Fsp3) is 1.00. The average Bonchev–Trinajstić information content (AvgIpc) is 2.02. The van der Waals surface area contributed by atoms with Crippen molar-refractivity contribution in [2.75, 3.05) is 13.2 Å². The quantitative estimate of drug-likeness (QED) is 0.559. The molecule has 0 aliphatic rings. The summed E-state index contributed by atoms with van der Waals surface area (Å²) in [5.41, 5.74) is 0. The van der Waals surface area contributed by atoms with Gasteiger partial charge in [-0.3, -0.25) is 0 Å². The van der Waals surface area contributed by atoms with E-state index in [0.29, 0.717) is 0 Å². The topological polar surface area (TPSA) is 9.23 Å². The highest BCUT2D eigenvalue weighted by atomic mass is 16.5. The van der Waals surface area contributed by atoms with Gasteiger partial charge in [0.2, 0.25) is 0 Å². The zero-order chi connectivity index (χ0) is 9.11. The van der Waals surface area contributed by atoms with Crippen LogP contribution in [0, 0.1) is 5.92 Å². The first-order valence-corrected chi connectivity index (χ1v) is 4.85. The third-order valence-electron chi connectivity index (χ3n) is 1.27. The lowest BCUT2D eigenvalue weighted by Gasteiger charge is -2.02. The number of ether oxygens (including phenoxy) is 1. The zero-order valence-electron chi connectivity index (χ0n) is 8.81. The van der Waals surface area contributed by atoms with Crippen LogP contribution >= 0.6 is 0 Å². The van der Waals surface area contributed by atoms with Crippen molar-refractivity contribution in [3.8, 4) is 0 Å². The Kier molecular flexibility index (Phi) is 15.5. The van der Waals surface area contributed by atoms with Gasteiger partial charge in [0.05, 0.1) is 0 Å². The third-order valence-corrected chi connectivity index (χ3v) is 1.27. The molecule has 0 heterocycles. The summed E-state index contributed by atoms with van der Waals surface area (Å²) in [7, 11) is 0. The molecule has 0 aromatic rings. The Bertz CT molecular complexity index is 50.8. The number of hydrogen-bond acceptors (Lipinski definition) is 1. The summed E-state index contributed by atoms with van der Waals surface area (Å²) in [4.78, 5) is 0. The van der Waals surface area contributed by atoms with Crippen LogP contribution < -0.4 is 0 Å². The molecule has 1 nitrogen and oxygen atoms in total. The van der Waals surface area contributed by atoms with E-state index in [2.05, 4.69) is 13.8 Å². The Morgan fingerprint density at radius 1 is 1.18 bits per heavy atom. The minimum absolute atomic E-state index is 0.824. The Labute approximate surface area is 72.1 Å².